The van der Waals surface area contributed by atoms with Gasteiger partial charge in [-0.2, -0.15) is 0 Å². The number of benzene rings is 1. The fraction of sp³-hybridized carbons (Fsp3) is 0.647. The predicted octanol–water partition coefficient (Wildman–Crippen LogP) is 4.56. The van der Waals surface area contributed by atoms with Gasteiger partial charge in [0.25, 0.3) is 0 Å². The molecule has 4 heteroatoms. The van der Waals surface area contributed by atoms with Crippen molar-refractivity contribution in [2.24, 2.45) is 5.41 Å². The summed E-state index contributed by atoms with van der Waals surface area (Å²) in [7, 11) is 1.68. The van der Waals surface area contributed by atoms with Gasteiger partial charge in [0.15, 0.2) is 0 Å². The van der Waals surface area contributed by atoms with Gasteiger partial charge in [0, 0.05) is 13.2 Å². The maximum atomic E-state index is 5.69. The number of hydrogen-bond acceptors (Lipinski definition) is 3. The average Bonchev–Trinajstić information content (AvgIpc) is 2.46. The molecule has 1 N–H and O–H groups in total. The van der Waals surface area contributed by atoms with Crippen molar-refractivity contribution in [3.05, 3.63) is 28.2 Å². The van der Waals surface area contributed by atoms with E-state index in [2.05, 4.69) is 61.1 Å². The lowest BCUT2D eigenvalue weighted by molar-refractivity contribution is 0.146. The molecule has 0 amide bonds. The smallest absolute Gasteiger partial charge is 0.133 e. The second-order valence-electron chi connectivity index (χ2n) is 5.86. The fourth-order valence-electron chi connectivity index (χ4n) is 2.30. The lowest BCUT2D eigenvalue weighted by atomic mass is 9.78. The molecule has 0 aliphatic heterocycles. The van der Waals surface area contributed by atoms with Gasteiger partial charge in [-0.25, -0.2) is 0 Å². The lowest BCUT2D eigenvalue weighted by Crippen LogP contribution is -2.33. The van der Waals surface area contributed by atoms with Crippen molar-refractivity contribution in [2.45, 2.75) is 40.2 Å². The summed E-state index contributed by atoms with van der Waals surface area (Å²) in [5, 5.41) is 3.61. The first-order valence-electron chi connectivity index (χ1n) is 7.60. The van der Waals surface area contributed by atoms with E-state index in [9.17, 15) is 0 Å². The Hall–Kier alpha value is -0.580. The summed E-state index contributed by atoms with van der Waals surface area (Å²) in [4.78, 5) is 0. The maximum Gasteiger partial charge on any atom is 0.133 e. The number of hydrogen-bond donors (Lipinski definition) is 1. The molecule has 1 atom stereocenters. The second-order valence-corrected chi connectivity index (χ2v) is 6.72. The molecule has 0 saturated heterocycles. The first kappa shape index (κ1) is 18.5. The highest BCUT2D eigenvalue weighted by molar-refractivity contribution is 9.10. The zero-order valence-electron chi connectivity index (χ0n) is 13.8. The Bertz CT molecular complexity index is 435. The lowest BCUT2D eigenvalue weighted by Gasteiger charge is -2.34. The first-order valence-corrected chi connectivity index (χ1v) is 8.40. The van der Waals surface area contributed by atoms with E-state index in [4.69, 9.17) is 9.47 Å². The van der Waals surface area contributed by atoms with Crippen molar-refractivity contribution in [2.75, 3.05) is 26.9 Å². The van der Waals surface area contributed by atoms with E-state index < -0.39 is 0 Å². The molecule has 3 nitrogen and oxygen atoms in total. The normalized spacial score (nSPS) is 13.2. The van der Waals surface area contributed by atoms with Crippen LogP contribution < -0.4 is 10.1 Å². The highest BCUT2D eigenvalue weighted by atomic mass is 79.9. The molecule has 0 bridgehead atoms. The van der Waals surface area contributed by atoms with Crippen LogP contribution in [-0.2, 0) is 4.74 Å². The number of ether oxygens (including phenoxy) is 2. The van der Waals surface area contributed by atoms with E-state index in [0.29, 0.717) is 19.3 Å². The summed E-state index contributed by atoms with van der Waals surface area (Å²) >= 11 is 3.61. The Kier molecular flexibility index (Phi) is 7.71. The third-order valence-electron chi connectivity index (χ3n) is 3.94. The van der Waals surface area contributed by atoms with Crippen LogP contribution >= 0.6 is 15.9 Å². The highest BCUT2D eigenvalue weighted by Crippen LogP contribution is 2.38. The number of rotatable bonds is 9. The van der Waals surface area contributed by atoms with Crippen LogP contribution in [0, 0.1) is 5.41 Å². The first-order chi connectivity index (χ1) is 9.96. The second kappa shape index (κ2) is 8.76. The Labute approximate surface area is 137 Å². The van der Waals surface area contributed by atoms with Crippen molar-refractivity contribution in [1.82, 2.24) is 5.32 Å². The highest BCUT2D eigenvalue weighted by Gasteiger charge is 2.28. The molecule has 0 heterocycles. The Morgan fingerprint density at radius 2 is 1.95 bits per heavy atom. The van der Waals surface area contributed by atoms with Crippen LogP contribution in [-0.4, -0.2) is 26.9 Å². The standard InChI is InChI=1S/C17H28BrNO2/c1-6-17(3,4)16(19-7-2)13-8-9-15(14(18)12-13)21-11-10-20-5/h8-9,12,16,19H,6-7,10-11H2,1-5H3. The summed E-state index contributed by atoms with van der Waals surface area (Å²) < 4.78 is 11.7. The van der Waals surface area contributed by atoms with Gasteiger partial charge in [0.05, 0.1) is 11.1 Å². The van der Waals surface area contributed by atoms with E-state index in [0.717, 1.165) is 23.2 Å². The van der Waals surface area contributed by atoms with Crippen molar-refractivity contribution in [3.8, 4) is 5.75 Å². The van der Waals surface area contributed by atoms with E-state index in [-0.39, 0.29) is 5.41 Å². The molecule has 0 aliphatic rings. The van der Waals surface area contributed by atoms with Crippen molar-refractivity contribution in [3.63, 3.8) is 0 Å². The van der Waals surface area contributed by atoms with Gasteiger partial charge >= 0.3 is 0 Å². The summed E-state index contributed by atoms with van der Waals surface area (Å²) in [6, 6.07) is 6.67. The van der Waals surface area contributed by atoms with Gasteiger partial charge in [-0.05, 0) is 52.0 Å². The third-order valence-corrected chi connectivity index (χ3v) is 4.55. The van der Waals surface area contributed by atoms with Gasteiger partial charge in [0.1, 0.15) is 12.4 Å². The van der Waals surface area contributed by atoms with Crippen LogP contribution in [0.2, 0.25) is 0 Å². The summed E-state index contributed by atoms with van der Waals surface area (Å²) in [5.41, 5.74) is 1.49. The van der Waals surface area contributed by atoms with E-state index in [1.165, 1.54) is 5.56 Å². The van der Waals surface area contributed by atoms with Crippen LogP contribution in [0.3, 0.4) is 0 Å². The Morgan fingerprint density at radius 3 is 2.48 bits per heavy atom. The maximum absolute atomic E-state index is 5.69. The third kappa shape index (κ3) is 5.28. The minimum absolute atomic E-state index is 0.202. The van der Waals surface area contributed by atoms with Crippen molar-refractivity contribution < 1.29 is 9.47 Å². The quantitative estimate of drug-likeness (QED) is 0.657. The number of nitrogens with one attached hydrogen (secondary N) is 1. The summed E-state index contributed by atoms with van der Waals surface area (Å²) in [5.74, 6) is 0.861. The molecule has 0 spiro atoms. The Balaban J connectivity index is 2.93. The van der Waals surface area contributed by atoms with Crippen LogP contribution in [0.4, 0.5) is 0 Å². The molecule has 0 aromatic heterocycles. The minimum Gasteiger partial charge on any atom is -0.490 e. The van der Waals surface area contributed by atoms with Gasteiger partial charge in [-0.3, -0.25) is 0 Å². The summed E-state index contributed by atoms with van der Waals surface area (Å²) in [6.07, 6.45) is 1.12. The number of halogens is 1. The molecule has 1 rings (SSSR count). The minimum atomic E-state index is 0.202. The van der Waals surface area contributed by atoms with Crippen LogP contribution in [0.5, 0.6) is 5.75 Å². The van der Waals surface area contributed by atoms with Gasteiger partial charge in [-0.15, -0.1) is 0 Å². The van der Waals surface area contributed by atoms with Gasteiger partial charge in [-0.1, -0.05) is 33.8 Å². The van der Waals surface area contributed by atoms with Crippen LogP contribution in [0.25, 0.3) is 0 Å². The van der Waals surface area contributed by atoms with Crippen LogP contribution in [0.1, 0.15) is 45.7 Å². The SMILES string of the molecule is CCNC(c1ccc(OCCOC)c(Br)c1)C(C)(C)CC. The van der Waals surface area contributed by atoms with E-state index in [1.54, 1.807) is 7.11 Å². The van der Waals surface area contributed by atoms with E-state index >= 15 is 0 Å². The molecule has 0 fully saturated rings. The topological polar surface area (TPSA) is 30.5 Å². The molecule has 1 aromatic rings. The Morgan fingerprint density at radius 1 is 1.24 bits per heavy atom. The molecule has 0 aliphatic carbocycles. The van der Waals surface area contributed by atoms with Crippen molar-refractivity contribution in [1.29, 1.82) is 0 Å². The molecular formula is C17H28BrNO2. The molecule has 1 unspecified atom stereocenters. The van der Waals surface area contributed by atoms with Crippen LogP contribution in [0.15, 0.2) is 22.7 Å². The summed E-state index contributed by atoms with van der Waals surface area (Å²) in [6.45, 7) is 11.1. The van der Waals surface area contributed by atoms with Gasteiger partial charge < -0.3 is 14.8 Å². The molecular weight excluding hydrogens is 330 g/mol. The molecule has 0 saturated carbocycles. The zero-order valence-corrected chi connectivity index (χ0v) is 15.4. The predicted molar refractivity (Wildman–Crippen MR) is 92.0 cm³/mol. The monoisotopic (exact) mass is 357 g/mol. The largest absolute Gasteiger partial charge is 0.490 e. The molecule has 120 valence electrons. The van der Waals surface area contributed by atoms with Gasteiger partial charge in [0.2, 0.25) is 0 Å². The van der Waals surface area contributed by atoms with Crippen molar-refractivity contribution >= 4 is 15.9 Å². The average molecular weight is 358 g/mol. The number of methoxy groups -OCH3 is 1. The molecule has 0 radical (unpaired) electrons. The molecule has 1 aromatic carbocycles. The van der Waals surface area contributed by atoms with E-state index in [1.807, 2.05) is 6.07 Å². The zero-order chi connectivity index (χ0) is 15.9. The fourth-order valence-corrected chi connectivity index (χ4v) is 2.81. The molecule has 21 heavy (non-hydrogen) atoms.